The van der Waals surface area contributed by atoms with Gasteiger partial charge in [0.2, 0.25) is 17.7 Å². The van der Waals surface area contributed by atoms with Crippen molar-refractivity contribution in [3.8, 4) is 5.75 Å². The van der Waals surface area contributed by atoms with Crippen molar-refractivity contribution >= 4 is 17.5 Å². The maximum atomic E-state index is 12.1. The molecule has 1 aromatic rings. The van der Waals surface area contributed by atoms with E-state index >= 15 is 0 Å². The molecule has 1 aromatic carbocycles. The number of Topliss-reactive ketones (excluding diaryl/α,β-unsaturated/α-hetero) is 2. The number of carbonyl (C=O) groups is 3. The van der Waals surface area contributed by atoms with E-state index in [0.717, 1.165) is 0 Å². The second-order valence-corrected chi connectivity index (χ2v) is 4.83. The first kappa shape index (κ1) is 14.2. The average molecular weight is 276 g/mol. The number of hydrogen-bond donors (Lipinski definition) is 0. The Balaban J connectivity index is 2.29. The molecule has 20 heavy (non-hydrogen) atoms. The number of carbonyl (C=O) groups excluding carboxylic acids is 3. The van der Waals surface area contributed by atoms with Crippen molar-refractivity contribution in [3.05, 3.63) is 29.3 Å². The SMILES string of the molecule is CCC(=O)OC1C(=O)c2ccc(OC(C)C)cc2C1=O. The lowest BCUT2D eigenvalue weighted by atomic mass is 10.1. The molecule has 5 heteroatoms. The molecule has 1 atom stereocenters. The zero-order chi connectivity index (χ0) is 14.9. The van der Waals surface area contributed by atoms with Gasteiger partial charge in [0.15, 0.2) is 0 Å². The first-order valence-electron chi connectivity index (χ1n) is 6.52. The van der Waals surface area contributed by atoms with Crippen LogP contribution in [-0.2, 0) is 9.53 Å². The average Bonchev–Trinajstić information content (AvgIpc) is 2.63. The monoisotopic (exact) mass is 276 g/mol. The summed E-state index contributed by atoms with van der Waals surface area (Å²) in [6.45, 7) is 5.34. The van der Waals surface area contributed by atoms with Gasteiger partial charge in [-0.25, -0.2) is 0 Å². The summed E-state index contributed by atoms with van der Waals surface area (Å²) >= 11 is 0. The summed E-state index contributed by atoms with van der Waals surface area (Å²) < 4.78 is 10.4. The van der Waals surface area contributed by atoms with Crippen molar-refractivity contribution in [2.45, 2.75) is 39.4 Å². The molecule has 0 N–H and O–H groups in total. The third-order valence-electron chi connectivity index (χ3n) is 2.91. The van der Waals surface area contributed by atoms with Gasteiger partial charge in [0.1, 0.15) is 5.75 Å². The van der Waals surface area contributed by atoms with Gasteiger partial charge in [-0.15, -0.1) is 0 Å². The van der Waals surface area contributed by atoms with Crippen LogP contribution < -0.4 is 4.74 Å². The Morgan fingerprint density at radius 1 is 1.20 bits per heavy atom. The van der Waals surface area contributed by atoms with Gasteiger partial charge < -0.3 is 9.47 Å². The number of ketones is 2. The lowest BCUT2D eigenvalue weighted by Crippen LogP contribution is -2.28. The molecule has 0 radical (unpaired) electrons. The first-order valence-corrected chi connectivity index (χ1v) is 6.52. The van der Waals surface area contributed by atoms with Gasteiger partial charge in [-0.3, -0.25) is 14.4 Å². The van der Waals surface area contributed by atoms with Crippen molar-refractivity contribution in [2.24, 2.45) is 0 Å². The molecular formula is C15H16O5. The highest BCUT2D eigenvalue weighted by Gasteiger charge is 2.41. The van der Waals surface area contributed by atoms with Crippen molar-refractivity contribution in [2.75, 3.05) is 0 Å². The van der Waals surface area contributed by atoms with E-state index < -0.39 is 23.6 Å². The van der Waals surface area contributed by atoms with Gasteiger partial charge in [-0.05, 0) is 32.0 Å². The number of hydrogen-bond acceptors (Lipinski definition) is 5. The summed E-state index contributed by atoms with van der Waals surface area (Å²) in [5.41, 5.74) is 0.530. The molecule has 0 aromatic heterocycles. The summed E-state index contributed by atoms with van der Waals surface area (Å²) in [7, 11) is 0. The normalized spacial score (nSPS) is 17.3. The van der Waals surface area contributed by atoms with Gasteiger partial charge in [0, 0.05) is 17.5 Å². The fraction of sp³-hybridized carbons (Fsp3) is 0.400. The van der Waals surface area contributed by atoms with Gasteiger partial charge in [0.25, 0.3) is 0 Å². The number of benzene rings is 1. The van der Waals surface area contributed by atoms with Crippen molar-refractivity contribution in [1.29, 1.82) is 0 Å². The van der Waals surface area contributed by atoms with E-state index in [-0.39, 0.29) is 23.7 Å². The molecule has 0 bridgehead atoms. The summed E-state index contributed by atoms with van der Waals surface area (Å²) in [4.78, 5) is 35.5. The maximum Gasteiger partial charge on any atom is 0.306 e. The van der Waals surface area contributed by atoms with Crippen LogP contribution in [-0.4, -0.2) is 29.7 Å². The molecule has 0 saturated heterocycles. The summed E-state index contributed by atoms with van der Waals surface area (Å²) in [5, 5.41) is 0. The van der Waals surface area contributed by atoms with Gasteiger partial charge in [-0.2, -0.15) is 0 Å². The Morgan fingerprint density at radius 2 is 1.85 bits per heavy atom. The predicted octanol–water partition coefficient (Wildman–Crippen LogP) is 2.17. The molecule has 1 unspecified atom stereocenters. The van der Waals surface area contributed by atoms with Crippen LogP contribution in [0.4, 0.5) is 0 Å². The smallest absolute Gasteiger partial charge is 0.306 e. The maximum absolute atomic E-state index is 12.1. The van der Waals surface area contributed by atoms with Crippen molar-refractivity contribution < 1.29 is 23.9 Å². The van der Waals surface area contributed by atoms with E-state index in [0.29, 0.717) is 5.75 Å². The second kappa shape index (κ2) is 5.45. The molecule has 1 aliphatic rings. The highest BCUT2D eigenvalue weighted by Crippen LogP contribution is 2.28. The van der Waals surface area contributed by atoms with E-state index in [9.17, 15) is 14.4 Å². The molecule has 2 rings (SSSR count). The number of esters is 1. The van der Waals surface area contributed by atoms with Crippen molar-refractivity contribution in [1.82, 2.24) is 0 Å². The molecular weight excluding hydrogens is 260 g/mol. The standard InChI is InChI=1S/C15H16O5/c1-4-12(16)20-15-13(17)10-6-5-9(19-8(2)3)7-11(10)14(15)18/h5-8,15H,4H2,1-3H3. The van der Waals surface area contributed by atoms with Crippen LogP contribution in [0, 0.1) is 0 Å². The molecule has 0 spiro atoms. The van der Waals surface area contributed by atoms with E-state index in [2.05, 4.69) is 0 Å². The number of ether oxygens (including phenoxy) is 2. The fourth-order valence-electron chi connectivity index (χ4n) is 2.01. The Bertz CT molecular complexity index is 574. The summed E-state index contributed by atoms with van der Waals surface area (Å²) in [6, 6.07) is 4.69. The lowest BCUT2D eigenvalue weighted by Gasteiger charge is -2.10. The van der Waals surface area contributed by atoms with E-state index in [1.165, 1.54) is 12.1 Å². The van der Waals surface area contributed by atoms with Gasteiger partial charge >= 0.3 is 5.97 Å². The third kappa shape index (κ3) is 2.57. The number of rotatable bonds is 4. The highest BCUT2D eigenvalue weighted by atomic mass is 16.6. The Hall–Kier alpha value is -2.17. The summed E-state index contributed by atoms with van der Waals surface area (Å²) in [5.74, 6) is -1.01. The Labute approximate surface area is 116 Å². The van der Waals surface area contributed by atoms with Crippen LogP contribution >= 0.6 is 0 Å². The quantitative estimate of drug-likeness (QED) is 0.622. The van der Waals surface area contributed by atoms with E-state index in [4.69, 9.17) is 9.47 Å². The molecule has 0 amide bonds. The Morgan fingerprint density at radius 3 is 2.45 bits per heavy atom. The fourth-order valence-corrected chi connectivity index (χ4v) is 2.01. The largest absolute Gasteiger partial charge is 0.491 e. The Kier molecular flexibility index (Phi) is 3.88. The third-order valence-corrected chi connectivity index (χ3v) is 2.91. The topological polar surface area (TPSA) is 69.7 Å². The second-order valence-electron chi connectivity index (χ2n) is 4.83. The van der Waals surface area contributed by atoms with Crippen LogP contribution in [0.5, 0.6) is 5.75 Å². The van der Waals surface area contributed by atoms with Crippen LogP contribution in [0.3, 0.4) is 0 Å². The van der Waals surface area contributed by atoms with Crippen LogP contribution in [0.2, 0.25) is 0 Å². The van der Waals surface area contributed by atoms with E-state index in [1.54, 1.807) is 13.0 Å². The van der Waals surface area contributed by atoms with Gasteiger partial charge in [0.05, 0.1) is 6.10 Å². The summed E-state index contributed by atoms with van der Waals surface area (Å²) in [6.07, 6.45) is -1.25. The predicted molar refractivity (Wildman–Crippen MR) is 71.0 cm³/mol. The minimum Gasteiger partial charge on any atom is -0.491 e. The number of fused-ring (bicyclic) bond motifs is 1. The zero-order valence-corrected chi connectivity index (χ0v) is 11.6. The van der Waals surface area contributed by atoms with E-state index in [1.807, 2.05) is 13.8 Å². The van der Waals surface area contributed by atoms with Crippen LogP contribution in [0.15, 0.2) is 18.2 Å². The lowest BCUT2D eigenvalue weighted by molar-refractivity contribution is -0.144. The molecule has 0 aliphatic heterocycles. The first-order chi connectivity index (χ1) is 9.43. The van der Waals surface area contributed by atoms with Crippen LogP contribution in [0.25, 0.3) is 0 Å². The van der Waals surface area contributed by atoms with Crippen molar-refractivity contribution in [3.63, 3.8) is 0 Å². The molecule has 106 valence electrons. The molecule has 5 nitrogen and oxygen atoms in total. The zero-order valence-electron chi connectivity index (χ0n) is 11.6. The minimum atomic E-state index is -1.34. The minimum absolute atomic E-state index is 0.0334. The molecule has 1 aliphatic carbocycles. The van der Waals surface area contributed by atoms with Crippen LogP contribution in [0.1, 0.15) is 47.9 Å². The molecule has 0 heterocycles. The van der Waals surface area contributed by atoms with Gasteiger partial charge in [-0.1, -0.05) is 6.92 Å². The molecule has 0 fully saturated rings. The molecule has 0 saturated carbocycles. The highest BCUT2D eigenvalue weighted by molar-refractivity contribution is 6.29.